The van der Waals surface area contributed by atoms with E-state index in [0.29, 0.717) is 16.9 Å². The lowest BCUT2D eigenvalue weighted by molar-refractivity contribution is -0.0498. The predicted octanol–water partition coefficient (Wildman–Crippen LogP) is 3.24. The zero-order valence-corrected chi connectivity index (χ0v) is 13.5. The fraction of sp³-hybridized carbons (Fsp3) is 0.0588. The minimum absolute atomic E-state index is 0.0321. The Morgan fingerprint density at radius 3 is 2.63 bits per heavy atom. The van der Waals surface area contributed by atoms with Gasteiger partial charge in [0, 0.05) is 36.4 Å². The normalized spacial score (nSPS) is 11.1. The summed E-state index contributed by atoms with van der Waals surface area (Å²) in [4.78, 5) is 20.5. The van der Waals surface area contributed by atoms with E-state index in [0.717, 1.165) is 0 Å². The zero-order chi connectivity index (χ0) is 18.8. The SMILES string of the molecule is O=C(Nc1cc(-c2ccc(OC(F)F)cc2)no1)c1nccn2ccnc12. The van der Waals surface area contributed by atoms with E-state index in [1.165, 1.54) is 24.4 Å². The maximum Gasteiger partial charge on any atom is 0.387 e. The van der Waals surface area contributed by atoms with Gasteiger partial charge in [0.05, 0.1) is 0 Å². The van der Waals surface area contributed by atoms with Gasteiger partial charge in [-0.3, -0.25) is 10.1 Å². The number of rotatable bonds is 5. The van der Waals surface area contributed by atoms with Crippen LogP contribution in [0.1, 0.15) is 10.5 Å². The molecule has 8 nitrogen and oxygen atoms in total. The van der Waals surface area contributed by atoms with Crippen molar-refractivity contribution >= 4 is 17.4 Å². The first-order valence-corrected chi connectivity index (χ1v) is 7.71. The molecule has 0 saturated carbocycles. The minimum atomic E-state index is -2.89. The number of hydrogen-bond donors (Lipinski definition) is 1. The second kappa shape index (κ2) is 6.83. The van der Waals surface area contributed by atoms with Gasteiger partial charge in [-0.25, -0.2) is 9.97 Å². The molecule has 4 rings (SSSR count). The lowest BCUT2D eigenvalue weighted by Crippen LogP contribution is -2.14. The molecule has 0 radical (unpaired) electrons. The Bertz CT molecular complexity index is 1090. The predicted molar refractivity (Wildman–Crippen MR) is 89.5 cm³/mol. The summed E-state index contributed by atoms with van der Waals surface area (Å²) in [5, 5.41) is 6.42. The molecule has 0 aliphatic heterocycles. The summed E-state index contributed by atoms with van der Waals surface area (Å²) in [5.41, 5.74) is 1.56. The monoisotopic (exact) mass is 371 g/mol. The van der Waals surface area contributed by atoms with Crippen LogP contribution in [0.15, 0.2) is 59.6 Å². The number of carbonyl (C=O) groups excluding carboxylic acids is 1. The molecule has 0 atom stereocenters. The molecule has 0 spiro atoms. The summed E-state index contributed by atoms with van der Waals surface area (Å²) in [7, 11) is 0. The van der Waals surface area contributed by atoms with Crippen molar-refractivity contribution in [2.75, 3.05) is 5.32 Å². The summed E-state index contributed by atoms with van der Waals surface area (Å²) in [6, 6.07) is 7.38. The molecule has 0 aliphatic rings. The topological polar surface area (TPSA) is 94.5 Å². The van der Waals surface area contributed by atoms with Gasteiger partial charge in [0.25, 0.3) is 5.91 Å². The highest BCUT2D eigenvalue weighted by atomic mass is 19.3. The third-order valence-corrected chi connectivity index (χ3v) is 3.65. The van der Waals surface area contributed by atoms with Crippen LogP contribution in [-0.2, 0) is 0 Å². The van der Waals surface area contributed by atoms with E-state index in [2.05, 4.69) is 25.2 Å². The smallest absolute Gasteiger partial charge is 0.387 e. The van der Waals surface area contributed by atoms with Crippen molar-refractivity contribution in [3.63, 3.8) is 0 Å². The Balaban J connectivity index is 1.51. The van der Waals surface area contributed by atoms with E-state index in [-0.39, 0.29) is 17.3 Å². The maximum atomic E-state index is 12.4. The Kier molecular flexibility index (Phi) is 4.21. The van der Waals surface area contributed by atoms with Gasteiger partial charge in [-0.1, -0.05) is 5.16 Å². The Hall–Kier alpha value is -3.82. The Morgan fingerprint density at radius 2 is 1.89 bits per heavy atom. The van der Waals surface area contributed by atoms with E-state index in [4.69, 9.17) is 4.52 Å². The quantitative estimate of drug-likeness (QED) is 0.579. The van der Waals surface area contributed by atoms with Crippen molar-refractivity contribution in [2.24, 2.45) is 0 Å². The molecule has 0 fully saturated rings. The van der Waals surface area contributed by atoms with Crippen molar-refractivity contribution in [1.29, 1.82) is 0 Å². The van der Waals surface area contributed by atoms with Crippen LogP contribution in [0, 0.1) is 0 Å². The van der Waals surface area contributed by atoms with Gasteiger partial charge in [0.1, 0.15) is 11.4 Å². The Morgan fingerprint density at radius 1 is 1.15 bits per heavy atom. The highest BCUT2D eigenvalue weighted by molar-refractivity contribution is 6.06. The number of carbonyl (C=O) groups is 1. The second-order valence-electron chi connectivity index (χ2n) is 5.37. The first-order chi connectivity index (χ1) is 13.1. The number of nitrogens with zero attached hydrogens (tertiary/aromatic N) is 4. The molecule has 1 aromatic carbocycles. The van der Waals surface area contributed by atoms with Crippen molar-refractivity contribution in [2.45, 2.75) is 6.61 Å². The van der Waals surface area contributed by atoms with Crippen LogP contribution >= 0.6 is 0 Å². The van der Waals surface area contributed by atoms with Gasteiger partial charge in [-0.05, 0) is 24.3 Å². The van der Waals surface area contributed by atoms with E-state index in [9.17, 15) is 13.6 Å². The van der Waals surface area contributed by atoms with Crippen molar-refractivity contribution in [3.8, 4) is 17.0 Å². The van der Waals surface area contributed by atoms with Gasteiger partial charge in [0.15, 0.2) is 11.3 Å². The summed E-state index contributed by atoms with van der Waals surface area (Å²) in [6.45, 7) is -2.89. The van der Waals surface area contributed by atoms with Gasteiger partial charge < -0.3 is 13.7 Å². The minimum Gasteiger partial charge on any atom is -0.435 e. The fourth-order valence-electron chi connectivity index (χ4n) is 2.46. The number of benzene rings is 1. The van der Waals surface area contributed by atoms with Crippen molar-refractivity contribution in [3.05, 3.63) is 60.8 Å². The van der Waals surface area contributed by atoms with Gasteiger partial charge in [-0.15, -0.1) is 0 Å². The molecule has 1 amide bonds. The standard InChI is InChI=1S/C17H11F2N5O3/c18-17(19)26-11-3-1-10(2-4-11)12-9-13(27-23-12)22-16(25)14-15-21-6-8-24(15)7-5-20-14/h1-9,17H,(H,22,25). The third kappa shape index (κ3) is 3.45. The lowest BCUT2D eigenvalue weighted by Gasteiger charge is -2.04. The maximum absolute atomic E-state index is 12.4. The lowest BCUT2D eigenvalue weighted by atomic mass is 10.1. The number of ether oxygens (including phenoxy) is 1. The van der Waals surface area contributed by atoms with Crippen LogP contribution in [0.3, 0.4) is 0 Å². The highest BCUT2D eigenvalue weighted by Gasteiger charge is 2.16. The Labute approximate surface area is 150 Å². The van der Waals surface area contributed by atoms with Gasteiger partial charge in [-0.2, -0.15) is 8.78 Å². The van der Waals surface area contributed by atoms with E-state index < -0.39 is 12.5 Å². The molecule has 10 heteroatoms. The number of imidazole rings is 1. The molecule has 4 aromatic rings. The third-order valence-electron chi connectivity index (χ3n) is 3.65. The molecule has 0 saturated heterocycles. The molecular formula is C17H11F2N5O3. The summed E-state index contributed by atoms with van der Waals surface area (Å²) >= 11 is 0. The van der Waals surface area contributed by atoms with Crippen LogP contribution in [0.25, 0.3) is 16.9 Å². The number of nitrogens with one attached hydrogen (secondary N) is 1. The molecule has 0 unspecified atom stereocenters. The summed E-state index contributed by atoms with van der Waals surface area (Å²) in [5.74, 6) is -0.363. The van der Waals surface area contributed by atoms with Crippen LogP contribution in [0.5, 0.6) is 5.75 Å². The number of aromatic nitrogens is 4. The van der Waals surface area contributed by atoms with Crippen molar-refractivity contribution in [1.82, 2.24) is 19.5 Å². The number of hydrogen-bond acceptors (Lipinski definition) is 6. The van der Waals surface area contributed by atoms with Crippen molar-refractivity contribution < 1.29 is 22.8 Å². The van der Waals surface area contributed by atoms with E-state index in [1.54, 1.807) is 35.1 Å². The largest absolute Gasteiger partial charge is 0.435 e. The highest BCUT2D eigenvalue weighted by Crippen LogP contribution is 2.25. The molecular weight excluding hydrogens is 360 g/mol. The molecule has 136 valence electrons. The van der Waals surface area contributed by atoms with Gasteiger partial charge >= 0.3 is 6.61 Å². The molecule has 1 N–H and O–H groups in total. The average molecular weight is 371 g/mol. The first kappa shape index (κ1) is 16.6. The number of halogens is 2. The molecule has 0 bridgehead atoms. The van der Waals surface area contributed by atoms with Gasteiger partial charge in [0.2, 0.25) is 5.88 Å². The fourth-order valence-corrected chi connectivity index (χ4v) is 2.46. The van der Waals surface area contributed by atoms with E-state index in [1.807, 2.05) is 0 Å². The summed E-state index contributed by atoms with van der Waals surface area (Å²) in [6.07, 6.45) is 6.41. The average Bonchev–Trinajstić information content (AvgIpc) is 3.30. The molecule has 3 heterocycles. The van der Waals surface area contributed by atoms with Crippen LogP contribution < -0.4 is 10.1 Å². The molecule has 27 heavy (non-hydrogen) atoms. The molecule has 3 aromatic heterocycles. The second-order valence-corrected chi connectivity index (χ2v) is 5.37. The van der Waals surface area contributed by atoms with Crippen LogP contribution in [-0.4, -0.2) is 32.0 Å². The van der Waals surface area contributed by atoms with Crippen LogP contribution in [0.4, 0.5) is 14.7 Å². The first-order valence-electron chi connectivity index (χ1n) is 7.71. The van der Waals surface area contributed by atoms with Crippen LogP contribution in [0.2, 0.25) is 0 Å². The number of anilines is 1. The van der Waals surface area contributed by atoms with E-state index >= 15 is 0 Å². The number of fused-ring (bicyclic) bond motifs is 1. The zero-order valence-electron chi connectivity index (χ0n) is 13.5. The number of amides is 1. The number of alkyl halides is 2. The molecule has 0 aliphatic carbocycles. The summed E-state index contributed by atoms with van der Waals surface area (Å²) < 4.78 is 35.4.